The van der Waals surface area contributed by atoms with Gasteiger partial charge >= 0.3 is 5.97 Å². The third-order valence-electron chi connectivity index (χ3n) is 6.28. The number of benzene rings is 2. The normalized spacial score (nSPS) is 15.2. The van der Waals surface area contributed by atoms with Gasteiger partial charge in [-0.05, 0) is 43.5 Å². The second kappa shape index (κ2) is 8.71. The number of rotatable bonds is 7. The molecule has 1 unspecified atom stereocenters. The molecular formula is C26H29NO5. The van der Waals surface area contributed by atoms with Crippen LogP contribution >= 0.6 is 0 Å². The van der Waals surface area contributed by atoms with Crippen molar-refractivity contribution < 1.29 is 24.5 Å². The van der Waals surface area contributed by atoms with Gasteiger partial charge in [0.25, 0.3) is 0 Å². The average Bonchev–Trinajstić information content (AvgIpc) is 3.06. The maximum Gasteiger partial charge on any atom is 0.311 e. The summed E-state index contributed by atoms with van der Waals surface area (Å²) in [5.74, 6) is -0.306. The number of hydrogen-bond donors (Lipinski definition) is 2. The van der Waals surface area contributed by atoms with Crippen molar-refractivity contribution in [2.45, 2.75) is 39.7 Å². The fourth-order valence-electron chi connectivity index (χ4n) is 3.99. The van der Waals surface area contributed by atoms with Gasteiger partial charge in [-0.15, -0.1) is 0 Å². The maximum absolute atomic E-state index is 12.2. The highest BCUT2D eigenvalue weighted by atomic mass is 16.6. The standard InChI is InChI=1S/C26H29NO5/c1-4-26(2,3)25(30)32-15-14-31-22-19-13-9-8-10-17(19)16-20-21(22)24(29)27(23(20)28)18-11-6-5-7-12-18/h5-13,22,28-29H,4,14-16H2,1-3H3. The number of carbonyl (C=O) groups is 1. The predicted molar refractivity (Wildman–Crippen MR) is 121 cm³/mol. The molecule has 4 rings (SSSR count). The summed E-state index contributed by atoms with van der Waals surface area (Å²) in [5, 5.41) is 22.1. The Labute approximate surface area is 188 Å². The molecule has 1 heterocycles. The highest BCUT2D eigenvalue weighted by Gasteiger charge is 2.35. The molecule has 0 saturated carbocycles. The minimum Gasteiger partial charge on any atom is -0.494 e. The predicted octanol–water partition coefficient (Wildman–Crippen LogP) is 4.88. The molecule has 0 radical (unpaired) electrons. The Morgan fingerprint density at radius 2 is 1.72 bits per heavy atom. The van der Waals surface area contributed by atoms with E-state index >= 15 is 0 Å². The summed E-state index contributed by atoms with van der Waals surface area (Å²) in [4.78, 5) is 12.2. The van der Waals surface area contributed by atoms with Gasteiger partial charge in [0.05, 0.1) is 23.3 Å². The van der Waals surface area contributed by atoms with E-state index in [4.69, 9.17) is 9.47 Å². The van der Waals surface area contributed by atoms with Gasteiger partial charge in [-0.2, -0.15) is 0 Å². The first kappa shape index (κ1) is 22.0. The fourth-order valence-corrected chi connectivity index (χ4v) is 3.99. The molecule has 0 bridgehead atoms. The summed E-state index contributed by atoms with van der Waals surface area (Å²) >= 11 is 0. The number of hydrogen-bond acceptors (Lipinski definition) is 5. The molecule has 0 aliphatic heterocycles. The second-order valence-electron chi connectivity index (χ2n) is 8.71. The lowest BCUT2D eigenvalue weighted by atomic mass is 9.86. The van der Waals surface area contributed by atoms with Crippen LogP contribution in [0.1, 0.15) is 55.5 Å². The van der Waals surface area contributed by atoms with Crippen LogP contribution in [0.25, 0.3) is 5.69 Å². The van der Waals surface area contributed by atoms with Crippen molar-refractivity contribution in [2.75, 3.05) is 13.2 Å². The quantitative estimate of drug-likeness (QED) is 0.408. The molecular weight excluding hydrogens is 406 g/mol. The number of nitrogens with zero attached hydrogens (tertiary/aromatic N) is 1. The molecule has 6 heteroatoms. The minimum atomic E-state index is -0.580. The number of carbonyl (C=O) groups excluding carboxylic acids is 1. The van der Waals surface area contributed by atoms with Crippen LogP contribution in [0.4, 0.5) is 0 Å². The summed E-state index contributed by atoms with van der Waals surface area (Å²) in [5.41, 5.74) is 3.26. The van der Waals surface area contributed by atoms with Crippen LogP contribution in [0, 0.1) is 5.41 Å². The Balaban J connectivity index is 1.63. The van der Waals surface area contributed by atoms with Crippen molar-refractivity contribution in [1.82, 2.24) is 4.57 Å². The lowest BCUT2D eigenvalue weighted by Crippen LogP contribution is -2.27. The Hall–Kier alpha value is -3.25. The molecule has 168 valence electrons. The van der Waals surface area contributed by atoms with E-state index in [1.54, 1.807) is 0 Å². The van der Waals surface area contributed by atoms with E-state index in [0.29, 0.717) is 29.7 Å². The maximum atomic E-state index is 12.2. The summed E-state index contributed by atoms with van der Waals surface area (Å²) < 4.78 is 13.0. The van der Waals surface area contributed by atoms with Crippen molar-refractivity contribution >= 4 is 5.97 Å². The van der Waals surface area contributed by atoms with Crippen molar-refractivity contribution in [3.63, 3.8) is 0 Å². The number of aromatic nitrogens is 1. The van der Waals surface area contributed by atoms with E-state index in [-0.39, 0.29) is 30.9 Å². The van der Waals surface area contributed by atoms with Crippen LogP contribution < -0.4 is 0 Å². The van der Waals surface area contributed by atoms with Crippen molar-refractivity contribution in [2.24, 2.45) is 5.41 Å². The molecule has 1 aromatic heterocycles. The van der Waals surface area contributed by atoms with Gasteiger partial charge in [0.15, 0.2) is 0 Å². The third-order valence-corrected chi connectivity index (χ3v) is 6.28. The lowest BCUT2D eigenvalue weighted by molar-refractivity contribution is -0.156. The van der Waals surface area contributed by atoms with E-state index in [1.807, 2.05) is 75.4 Å². The van der Waals surface area contributed by atoms with Gasteiger partial charge in [-0.3, -0.25) is 9.36 Å². The Morgan fingerprint density at radius 3 is 2.44 bits per heavy atom. The third kappa shape index (κ3) is 3.86. The average molecular weight is 436 g/mol. The second-order valence-corrected chi connectivity index (χ2v) is 8.71. The largest absolute Gasteiger partial charge is 0.494 e. The van der Waals surface area contributed by atoms with Gasteiger partial charge in [-0.25, -0.2) is 0 Å². The molecule has 1 aliphatic rings. The van der Waals surface area contributed by atoms with Crippen LogP contribution in [0.15, 0.2) is 54.6 Å². The van der Waals surface area contributed by atoms with Crippen molar-refractivity contribution in [3.05, 3.63) is 76.9 Å². The molecule has 3 aromatic rings. The zero-order valence-corrected chi connectivity index (χ0v) is 18.7. The van der Waals surface area contributed by atoms with Crippen LogP contribution in [-0.4, -0.2) is 34.0 Å². The molecule has 1 aliphatic carbocycles. The number of fused-ring (bicyclic) bond motifs is 2. The summed E-state index contributed by atoms with van der Waals surface area (Å²) in [6.07, 6.45) is 0.597. The van der Waals surface area contributed by atoms with E-state index in [9.17, 15) is 15.0 Å². The van der Waals surface area contributed by atoms with Crippen LogP contribution in [0.3, 0.4) is 0 Å². The molecule has 32 heavy (non-hydrogen) atoms. The van der Waals surface area contributed by atoms with Gasteiger partial charge in [0, 0.05) is 12.0 Å². The molecule has 0 saturated heterocycles. The molecule has 0 amide bonds. The number of para-hydroxylation sites is 1. The zero-order valence-electron chi connectivity index (χ0n) is 18.7. The molecule has 2 aromatic carbocycles. The van der Waals surface area contributed by atoms with Gasteiger partial charge in [0.1, 0.15) is 12.7 Å². The first-order valence-electron chi connectivity index (χ1n) is 10.9. The van der Waals surface area contributed by atoms with Crippen molar-refractivity contribution in [1.29, 1.82) is 0 Å². The monoisotopic (exact) mass is 435 g/mol. The highest BCUT2D eigenvalue weighted by Crippen LogP contribution is 2.48. The topological polar surface area (TPSA) is 80.9 Å². The van der Waals surface area contributed by atoms with E-state index in [1.165, 1.54) is 4.57 Å². The number of esters is 1. The van der Waals surface area contributed by atoms with E-state index in [2.05, 4.69) is 0 Å². The van der Waals surface area contributed by atoms with E-state index in [0.717, 1.165) is 11.1 Å². The lowest BCUT2D eigenvalue weighted by Gasteiger charge is -2.26. The smallest absolute Gasteiger partial charge is 0.311 e. The molecule has 1 atom stereocenters. The van der Waals surface area contributed by atoms with Crippen LogP contribution in [0.5, 0.6) is 11.8 Å². The first-order chi connectivity index (χ1) is 15.3. The van der Waals surface area contributed by atoms with Gasteiger partial charge < -0.3 is 19.7 Å². The SMILES string of the molecule is CCC(C)(C)C(=O)OCCOC1c2ccccc2Cc2c1c(O)n(-c1ccccc1)c2O. The van der Waals surface area contributed by atoms with Gasteiger partial charge in [-0.1, -0.05) is 49.4 Å². The Bertz CT molecular complexity index is 1120. The van der Waals surface area contributed by atoms with Crippen molar-refractivity contribution in [3.8, 4) is 17.4 Å². The molecule has 6 nitrogen and oxygen atoms in total. The molecule has 0 spiro atoms. The first-order valence-corrected chi connectivity index (χ1v) is 10.9. The molecule has 0 fully saturated rings. The Kier molecular flexibility index (Phi) is 5.98. The number of ether oxygens (including phenoxy) is 2. The minimum absolute atomic E-state index is 0.00271. The highest BCUT2D eigenvalue weighted by molar-refractivity contribution is 5.75. The van der Waals surface area contributed by atoms with E-state index < -0.39 is 11.5 Å². The summed E-state index contributed by atoms with van der Waals surface area (Å²) in [7, 11) is 0. The molecule has 2 N–H and O–H groups in total. The van der Waals surface area contributed by atoms with Crippen LogP contribution in [0.2, 0.25) is 0 Å². The Morgan fingerprint density at radius 1 is 1.03 bits per heavy atom. The van der Waals surface area contributed by atoms with Gasteiger partial charge in [0.2, 0.25) is 11.8 Å². The zero-order chi connectivity index (χ0) is 22.9. The van der Waals surface area contributed by atoms with Crippen LogP contribution in [-0.2, 0) is 20.7 Å². The number of aromatic hydroxyl groups is 2. The fraction of sp³-hybridized carbons (Fsp3) is 0.346. The summed E-state index contributed by atoms with van der Waals surface area (Å²) in [6.45, 7) is 5.94. The summed E-state index contributed by atoms with van der Waals surface area (Å²) in [6, 6.07) is 17.1.